The molecule has 5 heteroatoms. The zero-order valence-corrected chi connectivity index (χ0v) is 16.2. The van der Waals surface area contributed by atoms with Crippen molar-refractivity contribution in [1.29, 1.82) is 0 Å². The molecular weight excluding hydrogens is 344 g/mol. The number of nitrogens with one attached hydrogen (secondary N) is 2. The van der Waals surface area contributed by atoms with Crippen LogP contribution in [0.25, 0.3) is 0 Å². The predicted octanol–water partition coefficient (Wildman–Crippen LogP) is 4.75. The lowest BCUT2D eigenvalue weighted by atomic mass is 10.1. The topological polar surface area (TPSA) is 58.2 Å². The van der Waals surface area contributed by atoms with Gasteiger partial charge >= 0.3 is 0 Å². The number of carbonyl (C=O) groups excluding carboxylic acids is 2. The smallest absolute Gasteiger partial charge is 0.256 e. The number of benzene rings is 2. The summed E-state index contributed by atoms with van der Waals surface area (Å²) in [5, 5.41) is 5.79. The lowest BCUT2D eigenvalue weighted by Gasteiger charge is -2.21. The maximum Gasteiger partial charge on any atom is 0.256 e. The molecule has 0 unspecified atom stereocenters. The summed E-state index contributed by atoms with van der Waals surface area (Å²) in [6, 6.07) is 14.4. The monoisotopic (exact) mass is 368 g/mol. The highest BCUT2D eigenvalue weighted by molar-refractivity contribution is 7.99. The summed E-state index contributed by atoms with van der Waals surface area (Å²) in [6.45, 7) is 9.46. The third-order valence-electron chi connectivity index (χ3n) is 3.40. The fourth-order valence-corrected chi connectivity index (χ4v) is 3.10. The van der Waals surface area contributed by atoms with E-state index in [1.807, 2.05) is 39.0 Å². The molecule has 2 rings (SSSR count). The Balaban J connectivity index is 2.25. The van der Waals surface area contributed by atoms with Gasteiger partial charge in [0.1, 0.15) is 0 Å². The van der Waals surface area contributed by atoms with Crippen molar-refractivity contribution in [3.8, 4) is 0 Å². The second kappa shape index (κ2) is 8.72. The highest BCUT2D eigenvalue weighted by Gasteiger charge is 2.19. The van der Waals surface area contributed by atoms with E-state index in [0.717, 1.165) is 10.6 Å². The van der Waals surface area contributed by atoms with Crippen molar-refractivity contribution < 1.29 is 9.59 Å². The minimum Gasteiger partial charge on any atom is -0.347 e. The maximum absolute atomic E-state index is 12.8. The summed E-state index contributed by atoms with van der Waals surface area (Å²) < 4.78 is 0. The summed E-state index contributed by atoms with van der Waals surface area (Å²) in [4.78, 5) is 26.2. The molecule has 26 heavy (non-hydrogen) atoms. The molecule has 136 valence electrons. The number of rotatable bonds is 6. The first-order valence-corrected chi connectivity index (χ1v) is 9.36. The molecule has 0 radical (unpaired) electrons. The van der Waals surface area contributed by atoms with Gasteiger partial charge in [-0.2, -0.15) is 0 Å². The minimum absolute atomic E-state index is 0.220. The van der Waals surface area contributed by atoms with Gasteiger partial charge in [-0.15, -0.1) is 18.3 Å². The highest BCUT2D eigenvalue weighted by atomic mass is 32.2. The normalized spacial score (nSPS) is 10.9. The number of thioether (sulfide) groups is 1. The first-order valence-electron chi connectivity index (χ1n) is 8.37. The fraction of sp³-hybridized carbons (Fsp3) is 0.238. The van der Waals surface area contributed by atoms with Crippen LogP contribution in [0, 0.1) is 0 Å². The molecule has 2 N–H and O–H groups in total. The Morgan fingerprint density at radius 3 is 2.27 bits per heavy atom. The van der Waals surface area contributed by atoms with E-state index in [2.05, 4.69) is 17.2 Å². The molecule has 2 amide bonds. The van der Waals surface area contributed by atoms with Crippen LogP contribution in [-0.2, 0) is 0 Å². The summed E-state index contributed by atoms with van der Waals surface area (Å²) in [6.07, 6.45) is 1.80. The molecular formula is C21H24N2O2S. The van der Waals surface area contributed by atoms with Gasteiger partial charge in [-0.3, -0.25) is 9.59 Å². The third-order valence-corrected chi connectivity index (χ3v) is 4.47. The van der Waals surface area contributed by atoms with Gasteiger partial charge in [-0.25, -0.2) is 0 Å². The second-order valence-electron chi connectivity index (χ2n) is 6.80. The molecule has 0 aromatic heterocycles. The zero-order valence-electron chi connectivity index (χ0n) is 15.3. The van der Waals surface area contributed by atoms with E-state index >= 15 is 0 Å². The minimum atomic E-state index is -0.359. The van der Waals surface area contributed by atoms with E-state index in [1.165, 1.54) is 0 Å². The lowest BCUT2D eigenvalue weighted by Crippen LogP contribution is -2.40. The molecule has 0 aliphatic carbocycles. The van der Waals surface area contributed by atoms with Crippen molar-refractivity contribution in [1.82, 2.24) is 5.32 Å². The van der Waals surface area contributed by atoms with Crippen LogP contribution >= 0.6 is 11.8 Å². The van der Waals surface area contributed by atoms with Crippen molar-refractivity contribution in [2.24, 2.45) is 0 Å². The molecule has 4 nitrogen and oxygen atoms in total. The number of hydrogen-bond acceptors (Lipinski definition) is 3. The van der Waals surface area contributed by atoms with Crippen LogP contribution in [0.5, 0.6) is 0 Å². The van der Waals surface area contributed by atoms with Gasteiger partial charge in [0, 0.05) is 16.2 Å². The van der Waals surface area contributed by atoms with E-state index in [-0.39, 0.29) is 17.4 Å². The Morgan fingerprint density at radius 1 is 1.00 bits per heavy atom. The SMILES string of the molecule is C=CCSc1ccccc1C(=O)Nc1ccccc1C(=O)NC(C)(C)C. The van der Waals surface area contributed by atoms with Gasteiger partial charge in [0.2, 0.25) is 0 Å². The van der Waals surface area contributed by atoms with E-state index in [0.29, 0.717) is 16.8 Å². The summed E-state index contributed by atoms with van der Waals surface area (Å²) in [7, 11) is 0. The van der Waals surface area contributed by atoms with E-state index in [4.69, 9.17) is 0 Å². The van der Waals surface area contributed by atoms with Crippen molar-refractivity contribution in [2.75, 3.05) is 11.1 Å². The molecule has 0 heterocycles. The van der Waals surface area contributed by atoms with Gasteiger partial charge < -0.3 is 10.6 Å². The number of carbonyl (C=O) groups is 2. The molecule has 0 aliphatic rings. The molecule has 2 aromatic carbocycles. The van der Waals surface area contributed by atoms with Crippen LogP contribution in [0.2, 0.25) is 0 Å². The quantitative estimate of drug-likeness (QED) is 0.572. The zero-order chi connectivity index (χ0) is 19.2. The summed E-state index contributed by atoms with van der Waals surface area (Å²) >= 11 is 1.55. The Hall–Kier alpha value is -2.53. The van der Waals surface area contributed by atoms with Crippen molar-refractivity contribution in [3.05, 3.63) is 72.3 Å². The van der Waals surface area contributed by atoms with Gasteiger partial charge in [-0.1, -0.05) is 30.3 Å². The van der Waals surface area contributed by atoms with Crippen LogP contribution in [0.3, 0.4) is 0 Å². The largest absolute Gasteiger partial charge is 0.347 e. The number of hydrogen-bond donors (Lipinski definition) is 2. The van der Waals surface area contributed by atoms with Gasteiger partial charge in [-0.05, 0) is 45.0 Å². The average molecular weight is 369 g/mol. The van der Waals surface area contributed by atoms with E-state index in [1.54, 1.807) is 48.2 Å². The fourth-order valence-electron chi connectivity index (χ4n) is 2.32. The van der Waals surface area contributed by atoms with Crippen molar-refractivity contribution in [2.45, 2.75) is 31.2 Å². The number of para-hydroxylation sites is 1. The van der Waals surface area contributed by atoms with Crippen molar-refractivity contribution in [3.63, 3.8) is 0 Å². The number of amides is 2. The van der Waals surface area contributed by atoms with Gasteiger partial charge in [0.15, 0.2) is 0 Å². The van der Waals surface area contributed by atoms with Crippen LogP contribution in [0.15, 0.2) is 66.1 Å². The van der Waals surface area contributed by atoms with Gasteiger partial charge in [0.25, 0.3) is 11.8 Å². The predicted molar refractivity (Wildman–Crippen MR) is 109 cm³/mol. The molecule has 2 aromatic rings. The van der Waals surface area contributed by atoms with Crippen LogP contribution < -0.4 is 10.6 Å². The average Bonchev–Trinajstić information content (AvgIpc) is 2.59. The Morgan fingerprint density at radius 2 is 1.62 bits per heavy atom. The standard InChI is InChI=1S/C21H24N2O2S/c1-5-14-26-18-13-9-7-11-16(18)19(24)22-17-12-8-6-10-15(17)20(25)23-21(2,3)4/h5-13H,1,14H2,2-4H3,(H,22,24)(H,23,25). The summed E-state index contributed by atoms with van der Waals surface area (Å²) in [5.41, 5.74) is 1.14. The second-order valence-corrected chi connectivity index (χ2v) is 7.86. The molecule has 0 fully saturated rings. The first kappa shape index (κ1) is 19.8. The molecule has 0 atom stereocenters. The molecule has 0 aliphatic heterocycles. The Labute approximate surface area is 159 Å². The first-order chi connectivity index (χ1) is 12.3. The molecule has 0 bridgehead atoms. The summed E-state index contributed by atoms with van der Waals surface area (Å²) in [5.74, 6) is 0.255. The van der Waals surface area contributed by atoms with Crippen LogP contribution in [0.1, 0.15) is 41.5 Å². The van der Waals surface area contributed by atoms with E-state index in [9.17, 15) is 9.59 Å². The lowest BCUT2D eigenvalue weighted by molar-refractivity contribution is 0.0920. The molecule has 0 saturated heterocycles. The highest BCUT2D eigenvalue weighted by Crippen LogP contribution is 2.24. The molecule has 0 spiro atoms. The Kier molecular flexibility index (Phi) is 6.64. The van der Waals surface area contributed by atoms with Gasteiger partial charge in [0.05, 0.1) is 16.8 Å². The maximum atomic E-state index is 12.8. The van der Waals surface area contributed by atoms with Crippen LogP contribution in [-0.4, -0.2) is 23.1 Å². The molecule has 0 saturated carbocycles. The van der Waals surface area contributed by atoms with Crippen molar-refractivity contribution >= 4 is 29.3 Å². The third kappa shape index (κ3) is 5.49. The van der Waals surface area contributed by atoms with E-state index < -0.39 is 0 Å². The van der Waals surface area contributed by atoms with Crippen LogP contribution in [0.4, 0.5) is 5.69 Å². The number of anilines is 1. The Bertz CT molecular complexity index is 810.